The summed E-state index contributed by atoms with van der Waals surface area (Å²) in [6.45, 7) is 6.03. The van der Waals surface area contributed by atoms with E-state index < -0.39 is 0 Å². The number of aryl methyl sites for hydroxylation is 1. The van der Waals surface area contributed by atoms with Gasteiger partial charge in [-0.15, -0.1) is 0 Å². The fraction of sp³-hybridized carbons (Fsp3) is 0.526. The van der Waals surface area contributed by atoms with Gasteiger partial charge in [-0.25, -0.2) is 4.98 Å². The Morgan fingerprint density at radius 3 is 2.85 bits per heavy atom. The fourth-order valence-electron chi connectivity index (χ4n) is 3.22. The molecule has 3 N–H and O–H groups in total. The second-order valence-corrected chi connectivity index (χ2v) is 6.68. The van der Waals surface area contributed by atoms with Crippen molar-refractivity contribution in [3.63, 3.8) is 0 Å². The third-order valence-corrected chi connectivity index (χ3v) is 4.66. The van der Waals surface area contributed by atoms with Crippen molar-refractivity contribution in [2.75, 3.05) is 39.3 Å². The van der Waals surface area contributed by atoms with Gasteiger partial charge in [-0.3, -0.25) is 9.59 Å². The first-order valence-electron chi connectivity index (χ1n) is 9.40. The van der Waals surface area contributed by atoms with Gasteiger partial charge in [0.25, 0.3) is 5.56 Å². The predicted molar refractivity (Wildman–Crippen MR) is 102 cm³/mol. The second kappa shape index (κ2) is 9.45. The molecule has 140 valence electrons. The number of piperazine rings is 1. The largest absolute Gasteiger partial charge is 0.356 e. The number of para-hydroxylation sites is 1. The van der Waals surface area contributed by atoms with Crippen molar-refractivity contribution in [2.24, 2.45) is 0 Å². The number of hydrogen-bond donors (Lipinski definition) is 3. The highest BCUT2D eigenvalue weighted by Crippen LogP contribution is 2.07. The molecule has 1 amide bonds. The van der Waals surface area contributed by atoms with Gasteiger partial charge in [0.2, 0.25) is 5.91 Å². The highest BCUT2D eigenvalue weighted by Gasteiger charge is 2.09. The third-order valence-electron chi connectivity index (χ3n) is 4.66. The van der Waals surface area contributed by atoms with Crippen LogP contribution in [0.2, 0.25) is 0 Å². The van der Waals surface area contributed by atoms with E-state index in [2.05, 4.69) is 25.5 Å². The van der Waals surface area contributed by atoms with Crippen molar-refractivity contribution < 1.29 is 4.79 Å². The van der Waals surface area contributed by atoms with Crippen LogP contribution in [0.4, 0.5) is 0 Å². The van der Waals surface area contributed by atoms with Crippen molar-refractivity contribution in [1.82, 2.24) is 25.5 Å². The summed E-state index contributed by atoms with van der Waals surface area (Å²) >= 11 is 0. The average molecular weight is 357 g/mol. The molecule has 0 aliphatic carbocycles. The van der Waals surface area contributed by atoms with Gasteiger partial charge >= 0.3 is 0 Å². The van der Waals surface area contributed by atoms with Crippen LogP contribution in [0, 0.1) is 0 Å². The lowest BCUT2D eigenvalue weighted by molar-refractivity contribution is -0.121. The number of benzene rings is 1. The van der Waals surface area contributed by atoms with Crippen molar-refractivity contribution in [3.8, 4) is 0 Å². The van der Waals surface area contributed by atoms with Crippen molar-refractivity contribution in [1.29, 1.82) is 0 Å². The number of aromatic nitrogens is 2. The molecule has 2 aromatic rings. The smallest absolute Gasteiger partial charge is 0.258 e. The molecule has 1 aliphatic rings. The van der Waals surface area contributed by atoms with E-state index in [9.17, 15) is 9.59 Å². The van der Waals surface area contributed by atoms with Gasteiger partial charge in [0, 0.05) is 45.6 Å². The Balaban J connectivity index is 1.35. The lowest BCUT2D eigenvalue weighted by Gasteiger charge is -2.27. The zero-order valence-corrected chi connectivity index (χ0v) is 15.1. The molecule has 0 unspecified atom stereocenters. The number of rotatable bonds is 8. The van der Waals surface area contributed by atoms with Crippen LogP contribution in [0.5, 0.6) is 0 Å². The van der Waals surface area contributed by atoms with Crippen LogP contribution in [0.3, 0.4) is 0 Å². The molecule has 1 aliphatic heterocycles. The number of H-pyrrole nitrogens is 1. The van der Waals surface area contributed by atoms with E-state index in [0.29, 0.717) is 42.5 Å². The van der Waals surface area contributed by atoms with Crippen molar-refractivity contribution >= 4 is 16.8 Å². The molecule has 0 atom stereocenters. The molecule has 3 rings (SSSR count). The standard InChI is InChI=1S/C19H27N5O2/c25-18(21-9-4-12-24-13-10-20-11-14-24)8-3-7-17-22-16-6-2-1-5-15(16)19(26)23-17/h1-2,5-6,20H,3-4,7-14H2,(H,21,25)(H,22,23,26). The van der Waals surface area contributed by atoms with E-state index in [1.165, 1.54) is 0 Å². The monoisotopic (exact) mass is 357 g/mol. The molecule has 1 aromatic heterocycles. The van der Waals surface area contributed by atoms with Crippen molar-refractivity contribution in [2.45, 2.75) is 25.7 Å². The lowest BCUT2D eigenvalue weighted by atomic mass is 10.2. The maximum absolute atomic E-state index is 12.0. The first-order chi connectivity index (χ1) is 12.7. The Kier molecular flexibility index (Phi) is 6.74. The number of amides is 1. The van der Waals surface area contributed by atoms with Crippen LogP contribution in [0.25, 0.3) is 10.9 Å². The van der Waals surface area contributed by atoms with Gasteiger partial charge in [0.1, 0.15) is 5.82 Å². The SMILES string of the molecule is O=C(CCCc1nc2ccccc2c(=O)[nH]1)NCCCN1CCNCC1. The average Bonchev–Trinajstić information content (AvgIpc) is 2.66. The Bertz CT molecular complexity index is 783. The summed E-state index contributed by atoms with van der Waals surface area (Å²) in [6.07, 6.45) is 2.69. The topological polar surface area (TPSA) is 90.1 Å². The van der Waals surface area contributed by atoms with E-state index >= 15 is 0 Å². The highest BCUT2D eigenvalue weighted by atomic mass is 16.1. The van der Waals surface area contributed by atoms with Gasteiger partial charge in [-0.05, 0) is 31.5 Å². The predicted octanol–water partition coefficient (Wildman–Crippen LogP) is 0.657. The minimum Gasteiger partial charge on any atom is -0.356 e. The molecule has 1 saturated heterocycles. The van der Waals surface area contributed by atoms with Crippen LogP contribution in [0.15, 0.2) is 29.1 Å². The normalized spacial score (nSPS) is 15.2. The quantitative estimate of drug-likeness (QED) is 0.604. The first-order valence-corrected chi connectivity index (χ1v) is 9.40. The number of hydrogen-bond acceptors (Lipinski definition) is 5. The van der Waals surface area contributed by atoms with Gasteiger partial charge in [-0.1, -0.05) is 12.1 Å². The second-order valence-electron chi connectivity index (χ2n) is 6.68. The third kappa shape index (κ3) is 5.37. The number of carbonyl (C=O) groups is 1. The summed E-state index contributed by atoms with van der Waals surface area (Å²) in [4.78, 5) is 33.6. The molecular weight excluding hydrogens is 330 g/mol. The fourth-order valence-corrected chi connectivity index (χ4v) is 3.22. The number of aromatic amines is 1. The molecule has 0 saturated carbocycles. The lowest BCUT2D eigenvalue weighted by Crippen LogP contribution is -2.44. The number of nitrogens with zero attached hydrogens (tertiary/aromatic N) is 2. The Hall–Kier alpha value is -2.25. The van der Waals surface area contributed by atoms with Crippen LogP contribution >= 0.6 is 0 Å². The number of fused-ring (bicyclic) bond motifs is 1. The maximum atomic E-state index is 12.0. The molecule has 7 heteroatoms. The molecule has 0 radical (unpaired) electrons. The minimum atomic E-state index is -0.122. The Labute approximate surface area is 153 Å². The molecule has 1 fully saturated rings. The van der Waals surface area contributed by atoms with Crippen LogP contribution in [-0.2, 0) is 11.2 Å². The number of nitrogens with one attached hydrogen (secondary N) is 3. The highest BCUT2D eigenvalue weighted by molar-refractivity contribution is 5.77. The maximum Gasteiger partial charge on any atom is 0.258 e. The summed E-state index contributed by atoms with van der Waals surface area (Å²) in [5.41, 5.74) is 0.576. The zero-order valence-electron chi connectivity index (χ0n) is 15.1. The summed E-state index contributed by atoms with van der Waals surface area (Å²) < 4.78 is 0. The van der Waals surface area contributed by atoms with Gasteiger partial charge in [0.05, 0.1) is 10.9 Å². The van der Waals surface area contributed by atoms with Gasteiger partial charge < -0.3 is 20.5 Å². The molecule has 2 heterocycles. The molecule has 7 nitrogen and oxygen atoms in total. The summed E-state index contributed by atoms with van der Waals surface area (Å²) in [5, 5.41) is 6.91. The summed E-state index contributed by atoms with van der Waals surface area (Å²) in [6, 6.07) is 7.29. The van der Waals surface area contributed by atoms with E-state index in [1.807, 2.05) is 18.2 Å². The minimum absolute atomic E-state index is 0.0634. The van der Waals surface area contributed by atoms with Crippen molar-refractivity contribution in [3.05, 3.63) is 40.4 Å². The molecule has 26 heavy (non-hydrogen) atoms. The Morgan fingerprint density at radius 2 is 2.00 bits per heavy atom. The van der Waals surface area contributed by atoms with E-state index in [4.69, 9.17) is 0 Å². The molecule has 0 bridgehead atoms. The van der Waals surface area contributed by atoms with Crippen LogP contribution in [0.1, 0.15) is 25.1 Å². The van der Waals surface area contributed by atoms with Crippen LogP contribution < -0.4 is 16.2 Å². The molecular formula is C19H27N5O2. The van der Waals surface area contributed by atoms with Crippen LogP contribution in [-0.4, -0.2) is 60.0 Å². The van der Waals surface area contributed by atoms with E-state index in [-0.39, 0.29) is 11.5 Å². The van der Waals surface area contributed by atoms with Gasteiger partial charge in [-0.2, -0.15) is 0 Å². The first kappa shape index (κ1) is 18.5. The zero-order chi connectivity index (χ0) is 18.2. The summed E-state index contributed by atoms with van der Waals surface area (Å²) in [5.74, 6) is 0.702. The van der Waals surface area contributed by atoms with E-state index in [1.54, 1.807) is 6.07 Å². The molecule has 1 aromatic carbocycles. The summed E-state index contributed by atoms with van der Waals surface area (Å²) in [7, 11) is 0. The number of carbonyl (C=O) groups excluding carboxylic acids is 1. The van der Waals surface area contributed by atoms with Gasteiger partial charge in [0.15, 0.2) is 0 Å². The molecule has 0 spiro atoms. The van der Waals surface area contributed by atoms with E-state index in [0.717, 1.165) is 39.1 Å². The Morgan fingerprint density at radius 1 is 1.19 bits per heavy atom.